The monoisotopic (exact) mass is 201 g/mol. The van der Waals surface area contributed by atoms with Crippen LogP contribution in [-0.4, -0.2) is 32.5 Å². The zero-order chi connectivity index (χ0) is 10.2. The fourth-order valence-electron chi connectivity index (χ4n) is 1.63. The number of unbranched alkanes of at least 4 members (excludes halogenated alkanes) is 1. The molecule has 3 heteroatoms. The molecule has 0 aromatic carbocycles. The molecule has 14 heavy (non-hydrogen) atoms. The van der Waals surface area contributed by atoms with Crippen molar-refractivity contribution in [2.24, 2.45) is 11.7 Å². The smallest absolute Gasteiger partial charge is 0.0704 e. The van der Waals surface area contributed by atoms with E-state index in [0.717, 1.165) is 45.6 Å². The second kappa shape index (κ2) is 7.21. The Hall–Kier alpha value is -0.120. The molecule has 0 amide bonds. The first-order chi connectivity index (χ1) is 6.86. The Morgan fingerprint density at radius 2 is 2.00 bits per heavy atom. The maximum Gasteiger partial charge on any atom is 0.0704 e. The van der Waals surface area contributed by atoms with Gasteiger partial charge in [-0.25, -0.2) is 0 Å². The van der Waals surface area contributed by atoms with Crippen molar-refractivity contribution in [1.82, 2.24) is 0 Å². The Morgan fingerprint density at radius 3 is 2.64 bits per heavy atom. The van der Waals surface area contributed by atoms with Gasteiger partial charge < -0.3 is 15.2 Å². The van der Waals surface area contributed by atoms with Crippen LogP contribution in [0.4, 0.5) is 0 Å². The molecule has 1 fully saturated rings. The highest BCUT2D eigenvalue weighted by atomic mass is 16.5. The normalized spacial score (nSPS) is 26.1. The van der Waals surface area contributed by atoms with Gasteiger partial charge in [0.15, 0.2) is 0 Å². The molecule has 0 aromatic rings. The minimum Gasteiger partial charge on any atom is -0.379 e. The van der Waals surface area contributed by atoms with Gasteiger partial charge in [0.25, 0.3) is 0 Å². The van der Waals surface area contributed by atoms with Crippen LogP contribution < -0.4 is 5.73 Å². The minimum atomic E-state index is 0.457. The third kappa shape index (κ3) is 4.40. The van der Waals surface area contributed by atoms with Gasteiger partial charge >= 0.3 is 0 Å². The molecule has 0 aromatic heterocycles. The van der Waals surface area contributed by atoms with Crippen molar-refractivity contribution in [3.8, 4) is 0 Å². The fourth-order valence-corrected chi connectivity index (χ4v) is 1.63. The quantitative estimate of drug-likeness (QED) is 0.606. The molecule has 0 unspecified atom stereocenters. The summed E-state index contributed by atoms with van der Waals surface area (Å²) in [4.78, 5) is 0. The molecule has 0 saturated heterocycles. The van der Waals surface area contributed by atoms with E-state index in [4.69, 9.17) is 15.2 Å². The van der Waals surface area contributed by atoms with Crippen LogP contribution in [0.25, 0.3) is 0 Å². The van der Waals surface area contributed by atoms with Crippen molar-refractivity contribution >= 4 is 0 Å². The van der Waals surface area contributed by atoms with Crippen molar-refractivity contribution in [2.45, 2.75) is 38.7 Å². The van der Waals surface area contributed by atoms with Crippen LogP contribution in [0.1, 0.15) is 32.6 Å². The molecule has 1 rings (SSSR count). The van der Waals surface area contributed by atoms with Gasteiger partial charge in [-0.1, -0.05) is 13.3 Å². The SMILES string of the molecule is CCCCOCCOC1CC(CN)C1. The lowest BCUT2D eigenvalue weighted by atomic mass is 9.82. The van der Waals surface area contributed by atoms with Crippen LogP contribution in [-0.2, 0) is 9.47 Å². The van der Waals surface area contributed by atoms with E-state index in [1.165, 1.54) is 6.42 Å². The summed E-state index contributed by atoms with van der Waals surface area (Å²) in [7, 11) is 0. The van der Waals surface area contributed by atoms with Crippen LogP contribution >= 0.6 is 0 Å². The largest absolute Gasteiger partial charge is 0.379 e. The second-order valence-electron chi connectivity index (χ2n) is 4.03. The van der Waals surface area contributed by atoms with Gasteiger partial charge in [0.1, 0.15) is 0 Å². The number of hydrogen-bond acceptors (Lipinski definition) is 3. The van der Waals surface area contributed by atoms with Crippen molar-refractivity contribution in [3.05, 3.63) is 0 Å². The highest BCUT2D eigenvalue weighted by Crippen LogP contribution is 2.28. The van der Waals surface area contributed by atoms with Crippen molar-refractivity contribution < 1.29 is 9.47 Å². The Kier molecular flexibility index (Phi) is 6.15. The maximum atomic E-state index is 5.61. The molecule has 1 aliphatic carbocycles. The lowest BCUT2D eigenvalue weighted by molar-refractivity contribution is -0.0508. The van der Waals surface area contributed by atoms with Crippen molar-refractivity contribution in [2.75, 3.05) is 26.4 Å². The van der Waals surface area contributed by atoms with Crippen molar-refractivity contribution in [3.63, 3.8) is 0 Å². The van der Waals surface area contributed by atoms with Gasteiger partial charge in [-0.3, -0.25) is 0 Å². The summed E-state index contributed by atoms with van der Waals surface area (Å²) in [6.07, 6.45) is 5.09. The van der Waals surface area contributed by atoms with E-state index in [1.807, 2.05) is 0 Å². The molecule has 84 valence electrons. The molecule has 0 aliphatic heterocycles. The molecule has 0 heterocycles. The van der Waals surface area contributed by atoms with E-state index in [1.54, 1.807) is 0 Å². The molecule has 2 N–H and O–H groups in total. The average Bonchev–Trinajstić information content (AvgIpc) is 2.14. The predicted molar refractivity (Wildman–Crippen MR) is 57.2 cm³/mol. The molecule has 0 spiro atoms. The van der Waals surface area contributed by atoms with Crippen LogP contribution in [0.3, 0.4) is 0 Å². The van der Waals surface area contributed by atoms with Crippen LogP contribution in [0.5, 0.6) is 0 Å². The number of nitrogens with two attached hydrogens (primary N) is 1. The number of ether oxygens (including phenoxy) is 2. The molecular formula is C11H23NO2. The molecule has 0 atom stereocenters. The lowest BCUT2D eigenvalue weighted by Gasteiger charge is -2.34. The van der Waals surface area contributed by atoms with Crippen LogP contribution in [0.15, 0.2) is 0 Å². The third-order valence-corrected chi connectivity index (χ3v) is 2.75. The lowest BCUT2D eigenvalue weighted by Crippen LogP contribution is -2.36. The standard InChI is InChI=1S/C11H23NO2/c1-2-3-4-13-5-6-14-11-7-10(8-11)9-12/h10-11H,2-9,12H2,1H3. The topological polar surface area (TPSA) is 44.5 Å². The summed E-state index contributed by atoms with van der Waals surface area (Å²) in [5.74, 6) is 0.709. The van der Waals surface area contributed by atoms with E-state index in [9.17, 15) is 0 Å². The van der Waals surface area contributed by atoms with Crippen LogP contribution in [0.2, 0.25) is 0 Å². The summed E-state index contributed by atoms with van der Waals surface area (Å²) in [6.45, 7) is 5.33. The van der Waals surface area contributed by atoms with Gasteiger partial charge in [-0.2, -0.15) is 0 Å². The number of hydrogen-bond donors (Lipinski definition) is 1. The first kappa shape index (κ1) is 12.0. The zero-order valence-electron chi connectivity index (χ0n) is 9.21. The van der Waals surface area contributed by atoms with Gasteiger partial charge in [0.2, 0.25) is 0 Å². The van der Waals surface area contributed by atoms with E-state index < -0.39 is 0 Å². The zero-order valence-corrected chi connectivity index (χ0v) is 9.21. The maximum absolute atomic E-state index is 5.61. The number of rotatable bonds is 8. The van der Waals surface area contributed by atoms with Crippen molar-refractivity contribution in [1.29, 1.82) is 0 Å². The second-order valence-corrected chi connectivity index (χ2v) is 4.03. The Morgan fingerprint density at radius 1 is 1.21 bits per heavy atom. The van der Waals surface area contributed by atoms with E-state index in [-0.39, 0.29) is 0 Å². The van der Waals surface area contributed by atoms with Gasteiger partial charge in [-0.15, -0.1) is 0 Å². The summed E-state index contributed by atoms with van der Waals surface area (Å²) >= 11 is 0. The summed E-state index contributed by atoms with van der Waals surface area (Å²) < 4.78 is 11.0. The fraction of sp³-hybridized carbons (Fsp3) is 1.00. The van der Waals surface area contributed by atoms with Gasteiger partial charge in [0, 0.05) is 6.61 Å². The highest BCUT2D eigenvalue weighted by Gasteiger charge is 2.28. The average molecular weight is 201 g/mol. The summed E-state index contributed by atoms with van der Waals surface area (Å²) in [5, 5.41) is 0. The molecular weight excluding hydrogens is 178 g/mol. The summed E-state index contributed by atoms with van der Waals surface area (Å²) in [6, 6.07) is 0. The summed E-state index contributed by atoms with van der Waals surface area (Å²) in [5.41, 5.74) is 5.53. The Balaban J connectivity index is 1.77. The van der Waals surface area contributed by atoms with Gasteiger partial charge in [0.05, 0.1) is 19.3 Å². The first-order valence-electron chi connectivity index (χ1n) is 5.76. The van der Waals surface area contributed by atoms with E-state index in [0.29, 0.717) is 12.0 Å². The minimum absolute atomic E-state index is 0.457. The van der Waals surface area contributed by atoms with E-state index in [2.05, 4.69) is 6.92 Å². The highest BCUT2D eigenvalue weighted by molar-refractivity contribution is 4.80. The van der Waals surface area contributed by atoms with Crippen LogP contribution in [0, 0.1) is 5.92 Å². The Labute approximate surface area is 86.9 Å². The third-order valence-electron chi connectivity index (χ3n) is 2.75. The van der Waals surface area contributed by atoms with E-state index >= 15 is 0 Å². The molecule has 0 bridgehead atoms. The first-order valence-corrected chi connectivity index (χ1v) is 5.76. The Bertz CT molecular complexity index is 135. The molecule has 3 nitrogen and oxygen atoms in total. The molecule has 1 aliphatic rings. The molecule has 1 saturated carbocycles. The van der Waals surface area contributed by atoms with Gasteiger partial charge in [-0.05, 0) is 31.7 Å². The predicted octanol–water partition coefficient (Wildman–Crippen LogP) is 1.56. The molecule has 0 radical (unpaired) electrons.